The number of furan rings is 1. The van der Waals surface area contributed by atoms with Crippen molar-refractivity contribution in [1.82, 2.24) is 0 Å². The fourth-order valence-corrected chi connectivity index (χ4v) is 4.02. The van der Waals surface area contributed by atoms with Crippen LogP contribution in [0.2, 0.25) is 0 Å². The Kier molecular flexibility index (Phi) is 5.31. The zero-order chi connectivity index (χ0) is 18.9. The van der Waals surface area contributed by atoms with Crippen molar-refractivity contribution < 1.29 is 32.0 Å². The second-order valence-corrected chi connectivity index (χ2v) is 7.82. The third kappa shape index (κ3) is 3.06. The summed E-state index contributed by atoms with van der Waals surface area (Å²) in [6.45, 7) is 6.36. The maximum Gasteiger partial charge on any atom is 0.374 e. The van der Waals surface area contributed by atoms with E-state index in [0.29, 0.717) is 6.42 Å². The molecule has 7 nitrogen and oxygen atoms in total. The summed E-state index contributed by atoms with van der Waals surface area (Å²) in [6, 6.07) is 0. The summed E-state index contributed by atoms with van der Waals surface area (Å²) in [5.41, 5.74) is 0.0982. The Labute approximate surface area is 145 Å². The molecule has 1 aliphatic rings. The Hall–Kier alpha value is -2.22. The van der Waals surface area contributed by atoms with Gasteiger partial charge in [-0.2, -0.15) is 0 Å². The second kappa shape index (κ2) is 6.95. The molecular formula is C17H20O7S. The lowest BCUT2D eigenvalue weighted by Crippen LogP contribution is -2.27. The molecule has 0 radical (unpaired) electrons. The van der Waals surface area contributed by atoms with Gasteiger partial charge in [0, 0.05) is 11.1 Å². The Balaban J connectivity index is 2.73. The van der Waals surface area contributed by atoms with Crippen LogP contribution in [0.1, 0.15) is 70.6 Å². The van der Waals surface area contributed by atoms with E-state index < -0.39 is 38.0 Å². The Morgan fingerprint density at radius 2 is 1.76 bits per heavy atom. The Morgan fingerprint density at radius 3 is 2.28 bits per heavy atom. The molecule has 25 heavy (non-hydrogen) atoms. The number of ether oxygens (including phenoxy) is 1. The van der Waals surface area contributed by atoms with E-state index in [1.807, 2.05) is 0 Å². The van der Waals surface area contributed by atoms with E-state index in [0.717, 1.165) is 0 Å². The zero-order valence-electron chi connectivity index (χ0n) is 14.6. The molecule has 0 amide bonds. The second-order valence-electron chi connectivity index (χ2n) is 5.60. The topological polar surface area (TPSA) is 108 Å². The molecule has 0 bridgehead atoms. The van der Waals surface area contributed by atoms with E-state index >= 15 is 0 Å². The van der Waals surface area contributed by atoms with Gasteiger partial charge in [0.1, 0.15) is 4.91 Å². The number of Topliss-reactive ketones (excluding diaryl/α,β-unsaturated/α-hetero) is 2. The minimum Gasteiger partial charge on any atom is -0.460 e. The van der Waals surface area contributed by atoms with Gasteiger partial charge >= 0.3 is 5.97 Å². The van der Waals surface area contributed by atoms with Crippen LogP contribution in [0.15, 0.2) is 14.9 Å². The first kappa shape index (κ1) is 19.1. The molecule has 1 aromatic rings. The monoisotopic (exact) mass is 368 g/mol. The van der Waals surface area contributed by atoms with Crippen molar-refractivity contribution in [3.63, 3.8) is 0 Å². The highest BCUT2D eigenvalue weighted by Gasteiger charge is 2.43. The van der Waals surface area contributed by atoms with Crippen LogP contribution in [-0.4, -0.2) is 38.3 Å². The smallest absolute Gasteiger partial charge is 0.374 e. The lowest BCUT2D eigenvalue weighted by Gasteiger charge is -2.17. The lowest BCUT2D eigenvalue weighted by atomic mass is 9.89. The number of carbonyl (C=O) groups is 3. The van der Waals surface area contributed by atoms with Crippen molar-refractivity contribution in [3.05, 3.63) is 33.1 Å². The standard InChI is InChI=1S/C17H20O7S/c1-5-8-10-12(18)11-9(4)14(17(20)23-6-2)24-15(11)13(19)16(10)25(21,22)7-3/h5-8H2,1-4H3. The summed E-state index contributed by atoms with van der Waals surface area (Å²) in [5, 5.41) is 0. The number of rotatable bonds is 6. The van der Waals surface area contributed by atoms with Gasteiger partial charge in [-0.3, -0.25) is 9.59 Å². The first-order chi connectivity index (χ1) is 11.7. The van der Waals surface area contributed by atoms with Crippen LogP contribution >= 0.6 is 0 Å². The molecule has 0 spiro atoms. The van der Waals surface area contributed by atoms with E-state index in [4.69, 9.17) is 9.15 Å². The average molecular weight is 368 g/mol. The Bertz CT molecular complexity index is 884. The predicted molar refractivity (Wildman–Crippen MR) is 89.5 cm³/mol. The molecule has 8 heteroatoms. The van der Waals surface area contributed by atoms with Crippen molar-refractivity contribution in [2.45, 2.75) is 40.5 Å². The number of ketones is 2. The van der Waals surface area contributed by atoms with Crippen LogP contribution in [0.5, 0.6) is 0 Å². The average Bonchev–Trinajstić information content (AvgIpc) is 2.91. The minimum atomic E-state index is -3.92. The number of fused-ring (bicyclic) bond motifs is 1. The molecule has 0 saturated heterocycles. The largest absolute Gasteiger partial charge is 0.460 e. The number of hydrogen-bond acceptors (Lipinski definition) is 7. The lowest BCUT2D eigenvalue weighted by molar-refractivity contribution is 0.0487. The molecule has 0 fully saturated rings. The fraction of sp³-hybridized carbons (Fsp3) is 0.471. The van der Waals surface area contributed by atoms with Crippen molar-refractivity contribution in [2.75, 3.05) is 12.4 Å². The summed E-state index contributed by atoms with van der Waals surface area (Å²) in [5.74, 6) is -3.23. The maximum absolute atomic E-state index is 12.9. The van der Waals surface area contributed by atoms with Gasteiger partial charge in [-0.15, -0.1) is 0 Å². The molecule has 0 aromatic carbocycles. The van der Waals surface area contributed by atoms with Crippen LogP contribution in [-0.2, 0) is 14.6 Å². The van der Waals surface area contributed by atoms with E-state index in [-0.39, 0.29) is 41.2 Å². The molecule has 1 heterocycles. The summed E-state index contributed by atoms with van der Waals surface area (Å²) in [4.78, 5) is 37.1. The number of carbonyl (C=O) groups excluding carboxylic acids is 3. The van der Waals surface area contributed by atoms with Crippen molar-refractivity contribution in [1.29, 1.82) is 0 Å². The minimum absolute atomic E-state index is 0.0406. The normalized spacial score (nSPS) is 14.7. The molecule has 0 unspecified atom stereocenters. The molecule has 2 rings (SSSR count). The van der Waals surface area contributed by atoms with Crippen molar-refractivity contribution in [2.24, 2.45) is 0 Å². The third-order valence-electron chi connectivity index (χ3n) is 3.99. The summed E-state index contributed by atoms with van der Waals surface area (Å²) >= 11 is 0. The molecular weight excluding hydrogens is 348 g/mol. The molecule has 1 aliphatic carbocycles. The van der Waals surface area contributed by atoms with Crippen LogP contribution in [0, 0.1) is 6.92 Å². The SMILES string of the molecule is CCCC1=C(S(=O)(=O)CC)C(=O)c2oc(C(=O)OCC)c(C)c2C1=O. The fourth-order valence-electron chi connectivity index (χ4n) is 2.78. The van der Waals surface area contributed by atoms with Gasteiger partial charge in [0.05, 0.1) is 17.9 Å². The number of hydrogen-bond donors (Lipinski definition) is 0. The van der Waals surface area contributed by atoms with Crippen molar-refractivity contribution >= 4 is 27.4 Å². The van der Waals surface area contributed by atoms with Crippen LogP contribution < -0.4 is 0 Å². The molecule has 136 valence electrons. The molecule has 0 N–H and O–H groups in total. The van der Waals surface area contributed by atoms with Gasteiger partial charge < -0.3 is 9.15 Å². The quantitative estimate of drug-likeness (QED) is 0.710. The van der Waals surface area contributed by atoms with E-state index in [9.17, 15) is 22.8 Å². The van der Waals surface area contributed by atoms with E-state index in [1.165, 1.54) is 13.8 Å². The van der Waals surface area contributed by atoms with Gasteiger partial charge in [0.25, 0.3) is 0 Å². The van der Waals surface area contributed by atoms with Gasteiger partial charge in [-0.05, 0) is 20.3 Å². The highest BCUT2D eigenvalue weighted by molar-refractivity contribution is 7.96. The molecule has 0 saturated carbocycles. The highest BCUT2D eigenvalue weighted by atomic mass is 32.2. The summed E-state index contributed by atoms with van der Waals surface area (Å²) in [6.07, 6.45) is 0.645. The summed E-state index contributed by atoms with van der Waals surface area (Å²) in [7, 11) is -3.92. The maximum atomic E-state index is 12.9. The van der Waals surface area contributed by atoms with E-state index in [2.05, 4.69) is 0 Å². The van der Waals surface area contributed by atoms with Gasteiger partial charge in [0.15, 0.2) is 21.4 Å². The summed E-state index contributed by atoms with van der Waals surface area (Å²) < 4.78 is 34.9. The van der Waals surface area contributed by atoms with Crippen LogP contribution in [0.25, 0.3) is 0 Å². The third-order valence-corrected chi connectivity index (χ3v) is 5.80. The van der Waals surface area contributed by atoms with Crippen molar-refractivity contribution in [3.8, 4) is 0 Å². The number of sulfone groups is 1. The Morgan fingerprint density at radius 1 is 1.12 bits per heavy atom. The zero-order valence-corrected chi connectivity index (χ0v) is 15.4. The van der Waals surface area contributed by atoms with Gasteiger partial charge in [-0.1, -0.05) is 20.3 Å². The predicted octanol–water partition coefficient (Wildman–Crippen LogP) is 2.63. The first-order valence-electron chi connectivity index (χ1n) is 8.06. The van der Waals surface area contributed by atoms with Gasteiger partial charge in [-0.25, -0.2) is 13.2 Å². The highest BCUT2D eigenvalue weighted by Crippen LogP contribution is 2.36. The van der Waals surface area contributed by atoms with Crippen LogP contribution in [0.3, 0.4) is 0 Å². The van der Waals surface area contributed by atoms with Gasteiger partial charge in [0.2, 0.25) is 11.5 Å². The van der Waals surface area contributed by atoms with E-state index in [1.54, 1.807) is 13.8 Å². The van der Waals surface area contributed by atoms with Crippen LogP contribution in [0.4, 0.5) is 0 Å². The number of esters is 1. The molecule has 0 atom stereocenters. The molecule has 0 aliphatic heterocycles. The number of allylic oxidation sites excluding steroid dienone is 2. The molecule has 1 aromatic heterocycles. The first-order valence-corrected chi connectivity index (χ1v) is 9.72.